The van der Waals surface area contributed by atoms with Crippen molar-refractivity contribution >= 4 is 9.84 Å². The van der Waals surface area contributed by atoms with Crippen LogP contribution in [0, 0.1) is 6.92 Å². The molecule has 0 heterocycles. The number of hydrogen-bond donors (Lipinski definition) is 0. The molecular weight excluding hydrogens is 248 g/mol. The van der Waals surface area contributed by atoms with Crippen molar-refractivity contribution in [1.29, 1.82) is 0 Å². The Morgan fingerprint density at radius 3 is 2.44 bits per heavy atom. The zero-order valence-electron chi connectivity index (χ0n) is 10.7. The average Bonchev–Trinajstić information content (AvgIpc) is 2.27. The normalized spacial score (nSPS) is 19.4. The highest BCUT2D eigenvalue weighted by Gasteiger charge is 2.25. The van der Waals surface area contributed by atoms with Crippen molar-refractivity contribution in [2.24, 2.45) is 0 Å². The third-order valence-corrected chi connectivity index (χ3v) is 4.63. The van der Waals surface area contributed by atoms with E-state index in [4.69, 9.17) is 4.74 Å². The van der Waals surface area contributed by atoms with E-state index in [1.807, 2.05) is 26.0 Å². The number of rotatable bonds is 4. The largest absolute Gasteiger partial charge is 0.378 e. The number of ether oxygens (including phenoxy) is 1. The van der Waals surface area contributed by atoms with Crippen molar-refractivity contribution in [2.45, 2.75) is 37.7 Å². The smallest absolute Gasteiger partial charge is 0.199 e. The van der Waals surface area contributed by atoms with Crippen LogP contribution in [-0.2, 0) is 14.6 Å². The molecule has 0 bridgehead atoms. The lowest BCUT2D eigenvalue weighted by Crippen LogP contribution is -2.25. The highest BCUT2D eigenvalue weighted by atomic mass is 32.2. The highest BCUT2D eigenvalue weighted by Crippen LogP contribution is 2.31. The van der Waals surface area contributed by atoms with Gasteiger partial charge in [-0.05, 0) is 38.8 Å². The molecule has 1 aromatic rings. The summed E-state index contributed by atoms with van der Waals surface area (Å²) in [4.78, 5) is 0.362. The summed E-state index contributed by atoms with van der Waals surface area (Å²) in [6, 6.07) is 6.94. The Morgan fingerprint density at radius 2 is 1.89 bits per heavy atom. The summed E-state index contributed by atoms with van der Waals surface area (Å²) in [6.45, 7) is 4.57. The van der Waals surface area contributed by atoms with Gasteiger partial charge in [0.1, 0.15) is 0 Å². The Kier molecular flexibility index (Phi) is 3.88. The number of aryl methyl sites for hydroxylation is 1. The van der Waals surface area contributed by atoms with E-state index in [1.165, 1.54) is 5.41 Å². The monoisotopic (exact) mass is 266 g/mol. The van der Waals surface area contributed by atoms with Gasteiger partial charge < -0.3 is 4.74 Å². The van der Waals surface area contributed by atoms with Gasteiger partial charge >= 0.3 is 0 Å². The van der Waals surface area contributed by atoms with Crippen molar-refractivity contribution in [3.8, 4) is 0 Å². The number of hydrogen-bond acceptors (Lipinski definition) is 3. The van der Waals surface area contributed by atoms with Crippen LogP contribution in [0.3, 0.4) is 0 Å². The van der Waals surface area contributed by atoms with Crippen molar-refractivity contribution in [1.82, 2.24) is 0 Å². The summed E-state index contributed by atoms with van der Waals surface area (Å²) in [5.41, 5.74) is 2.01. The van der Waals surface area contributed by atoms with Gasteiger partial charge in [-0.3, -0.25) is 0 Å². The highest BCUT2D eigenvalue weighted by molar-refractivity contribution is 7.94. The topological polar surface area (TPSA) is 43.4 Å². The van der Waals surface area contributed by atoms with Gasteiger partial charge in [0.05, 0.1) is 11.0 Å². The van der Waals surface area contributed by atoms with Crippen molar-refractivity contribution in [2.75, 3.05) is 6.61 Å². The molecule has 0 N–H and O–H groups in total. The summed E-state index contributed by atoms with van der Waals surface area (Å²) in [7, 11) is -3.29. The van der Waals surface area contributed by atoms with E-state index in [0.717, 1.165) is 24.0 Å². The van der Waals surface area contributed by atoms with Gasteiger partial charge in [0.2, 0.25) is 0 Å². The van der Waals surface area contributed by atoms with E-state index in [0.29, 0.717) is 11.5 Å². The SMILES string of the molecule is CCOC1CC(=CS(=O)(=O)c2ccc(C)cc2)C1. The van der Waals surface area contributed by atoms with E-state index < -0.39 is 9.84 Å². The fourth-order valence-corrected chi connectivity index (χ4v) is 3.27. The molecule has 3 nitrogen and oxygen atoms in total. The molecule has 1 aliphatic rings. The predicted octanol–water partition coefficient (Wildman–Crippen LogP) is 2.85. The Labute approximate surface area is 108 Å². The quantitative estimate of drug-likeness (QED) is 0.841. The van der Waals surface area contributed by atoms with Crippen LogP contribution in [0.5, 0.6) is 0 Å². The van der Waals surface area contributed by atoms with Crippen LogP contribution < -0.4 is 0 Å². The van der Waals surface area contributed by atoms with Gasteiger partial charge in [-0.2, -0.15) is 0 Å². The Morgan fingerprint density at radius 1 is 1.28 bits per heavy atom. The standard InChI is InChI=1S/C14H18O3S/c1-3-17-13-8-12(9-13)10-18(15,16)14-6-4-11(2)5-7-14/h4-7,10,13H,3,8-9H2,1-2H3. The molecule has 0 spiro atoms. The molecule has 1 aliphatic carbocycles. The van der Waals surface area contributed by atoms with Crippen LogP contribution in [0.15, 0.2) is 40.1 Å². The van der Waals surface area contributed by atoms with Crippen LogP contribution in [-0.4, -0.2) is 21.1 Å². The zero-order chi connectivity index (χ0) is 13.2. The van der Waals surface area contributed by atoms with Gasteiger partial charge in [-0.25, -0.2) is 8.42 Å². The molecule has 0 radical (unpaired) electrons. The van der Waals surface area contributed by atoms with Gasteiger partial charge in [0, 0.05) is 12.0 Å². The first-order valence-electron chi connectivity index (χ1n) is 6.14. The van der Waals surface area contributed by atoms with Gasteiger partial charge in [0.15, 0.2) is 9.84 Å². The lowest BCUT2D eigenvalue weighted by atomic mass is 9.90. The molecular formula is C14H18O3S. The molecule has 0 saturated heterocycles. The van der Waals surface area contributed by atoms with Crippen LogP contribution in [0.1, 0.15) is 25.3 Å². The average molecular weight is 266 g/mol. The molecule has 18 heavy (non-hydrogen) atoms. The van der Waals surface area contributed by atoms with Crippen LogP contribution in [0.25, 0.3) is 0 Å². The van der Waals surface area contributed by atoms with Gasteiger partial charge in [-0.1, -0.05) is 23.3 Å². The molecule has 1 fully saturated rings. The Balaban J connectivity index is 2.09. The summed E-state index contributed by atoms with van der Waals surface area (Å²) < 4.78 is 29.6. The zero-order valence-corrected chi connectivity index (χ0v) is 11.5. The van der Waals surface area contributed by atoms with Crippen molar-refractivity contribution in [3.63, 3.8) is 0 Å². The van der Waals surface area contributed by atoms with E-state index in [-0.39, 0.29) is 6.10 Å². The second-order valence-electron chi connectivity index (χ2n) is 4.62. The van der Waals surface area contributed by atoms with E-state index in [2.05, 4.69) is 0 Å². The molecule has 1 aromatic carbocycles. The summed E-state index contributed by atoms with van der Waals surface area (Å²) >= 11 is 0. The minimum atomic E-state index is -3.29. The van der Waals surface area contributed by atoms with Gasteiger partial charge in [-0.15, -0.1) is 0 Å². The van der Waals surface area contributed by atoms with Crippen molar-refractivity contribution in [3.05, 3.63) is 40.8 Å². The summed E-state index contributed by atoms with van der Waals surface area (Å²) in [5.74, 6) is 0. The minimum absolute atomic E-state index is 0.203. The first kappa shape index (κ1) is 13.3. The summed E-state index contributed by atoms with van der Waals surface area (Å²) in [5, 5.41) is 1.40. The fraction of sp³-hybridized carbons (Fsp3) is 0.429. The molecule has 4 heteroatoms. The Hall–Kier alpha value is -1.13. The molecule has 0 unspecified atom stereocenters. The number of benzene rings is 1. The molecule has 0 amide bonds. The van der Waals surface area contributed by atoms with Gasteiger partial charge in [0.25, 0.3) is 0 Å². The second kappa shape index (κ2) is 5.24. The molecule has 0 aliphatic heterocycles. The summed E-state index contributed by atoms with van der Waals surface area (Å²) in [6.07, 6.45) is 1.67. The molecule has 98 valence electrons. The van der Waals surface area contributed by atoms with E-state index in [1.54, 1.807) is 12.1 Å². The van der Waals surface area contributed by atoms with Crippen molar-refractivity contribution < 1.29 is 13.2 Å². The predicted molar refractivity (Wildman–Crippen MR) is 71.1 cm³/mol. The minimum Gasteiger partial charge on any atom is -0.378 e. The van der Waals surface area contributed by atoms with Crippen LogP contribution >= 0.6 is 0 Å². The maximum Gasteiger partial charge on any atom is 0.199 e. The molecule has 1 saturated carbocycles. The van der Waals surface area contributed by atoms with E-state index >= 15 is 0 Å². The number of sulfone groups is 1. The maximum absolute atomic E-state index is 12.1. The van der Waals surface area contributed by atoms with E-state index in [9.17, 15) is 8.42 Å². The third-order valence-electron chi connectivity index (χ3n) is 3.05. The maximum atomic E-state index is 12.1. The lowest BCUT2D eigenvalue weighted by Gasteiger charge is -2.28. The molecule has 2 rings (SSSR count). The Bertz CT molecular complexity index is 533. The lowest BCUT2D eigenvalue weighted by molar-refractivity contribution is 0.0371. The third kappa shape index (κ3) is 3.00. The fourth-order valence-electron chi connectivity index (χ4n) is 1.99. The second-order valence-corrected chi connectivity index (χ2v) is 6.42. The molecule has 0 atom stereocenters. The van der Waals surface area contributed by atoms with Crippen LogP contribution in [0.2, 0.25) is 0 Å². The molecule has 0 aromatic heterocycles. The first-order chi connectivity index (χ1) is 8.51. The first-order valence-corrected chi connectivity index (χ1v) is 7.68. The van der Waals surface area contributed by atoms with Crippen LogP contribution in [0.4, 0.5) is 0 Å².